The minimum atomic E-state index is 0.324. The van der Waals surface area contributed by atoms with Crippen LogP contribution in [0.5, 0.6) is 0 Å². The minimum absolute atomic E-state index is 0.324. The van der Waals surface area contributed by atoms with Gasteiger partial charge < -0.3 is 5.11 Å². The lowest BCUT2D eigenvalue weighted by molar-refractivity contribution is 0.107. The van der Waals surface area contributed by atoms with Crippen molar-refractivity contribution in [3.63, 3.8) is 0 Å². The molecule has 1 N–H and O–H groups in total. The summed E-state index contributed by atoms with van der Waals surface area (Å²) in [5.41, 5.74) is 3.16. The summed E-state index contributed by atoms with van der Waals surface area (Å²) in [6.45, 7) is 2.59. The summed E-state index contributed by atoms with van der Waals surface area (Å²) >= 11 is 0. The Morgan fingerprint density at radius 1 is 1.10 bits per heavy atom. The third-order valence-corrected chi connectivity index (χ3v) is 5.14. The van der Waals surface area contributed by atoms with E-state index in [2.05, 4.69) is 29.2 Å². The molecule has 2 nitrogen and oxygen atoms in total. The third-order valence-electron chi connectivity index (χ3n) is 5.14. The summed E-state index contributed by atoms with van der Waals surface area (Å²) in [6.07, 6.45) is 8.96. The fraction of sp³-hybridized carbons (Fsp3) is 0.667. The van der Waals surface area contributed by atoms with Gasteiger partial charge in [0.2, 0.25) is 0 Å². The SMILES string of the molecule is OCCCN(CC1CCCc2ccccc21)C1CCC1. The molecule has 0 bridgehead atoms. The van der Waals surface area contributed by atoms with Gasteiger partial charge in [-0.05, 0) is 55.6 Å². The Bertz CT molecular complexity index is 427. The zero-order chi connectivity index (χ0) is 13.8. The molecule has 20 heavy (non-hydrogen) atoms. The number of fused-ring (bicyclic) bond motifs is 1. The van der Waals surface area contributed by atoms with Gasteiger partial charge in [-0.1, -0.05) is 30.7 Å². The third kappa shape index (κ3) is 3.07. The van der Waals surface area contributed by atoms with Crippen molar-refractivity contribution in [3.05, 3.63) is 35.4 Å². The first kappa shape index (κ1) is 14.1. The van der Waals surface area contributed by atoms with E-state index in [1.54, 1.807) is 11.1 Å². The standard InChI is InChI=1S/C18H27NO/c20-13-5-12-19(17-9-4-10-17)14-16-8-3-7-15-6-1-2-11-18(15)16/h1-2,6,11,16-17,20H,3-5,7-10,12-14H2. The van der Waals surface area contributed by atoms with E-state index in [1.807, 2.05) is 0 Å². The monoisotopic (exact) mass is 273 g/mol. The lowest BCUT2D eigenvalue weighted by Crippen LogP contribution is -2.43. The van der Waals surface area contributed by atoms with Gasteiger partial charge in [0, 0.05) is 25.7 Å². The number of benzene rings is 1. The van der Waals surface area contributed by atoms with E-state index >= 15 is 0 Å². The van der Waals surface area contributed by atoms with Crippen molar-refractivity contribution in [3.8, 4) is 0 Å². The number of aryl methyl sites for hydroxylation is 1. The van der Waals surface area contributed by atoms with Crippen LogP contribution in [-0.4, -0.2) is 35.7 Å². The summed E-state index contributed by atoms with van der Waals surface area (Å²) in [5, 5.41) is 9.12. The fourth-order valence-electron chi connectivity index (χ4n) is 3.78. The van der Waals surface area contributed by atoms with Crippen LogP contribution in [0.4, 0.5) is 0 Å². The molecule has 3 rings (SSSR count). The van der Waals surface area contributed by atoms with Crippen molar-refractivity contribution in [1.29, 1.82) is 0 Å². The van der Waals surface area contributed by atoms with Crippen molar-refractivity contribution in [2.24, 2.45) is 0 Å². The van der Waals surface area contributed by atoms with Crippen molar-refractivity contribution >= 4 is 0 Å². The number of hydrogen-bond acceptors (Lipinski definition) is 2. The molecule has 2 heteroatoms. The highest BCUT2D eigenvalue weighted by molar-refractivity contribution is 5.32. The number of rotatable bonds is 6. The molecule has 1 atom stereocenters. The Morgan fingerprint density at radius 3 is 2.70 bits per heavy atom. The summed E-state index contributed by atoms with van der Waals surface area (Å²) in [5.74, 6) is 0.708. The quantitative estimate of drug-likeness (QED) is 0.859. The van der Waals surface area contributed by atoms with Crippen LogP contribution in [0.2, 0.25) is 0 Å². The van der Waals surface area contributed by atoms with Crippen LogP contribution in [0.25, 0.3) is 0 Å². The highest BCUT2D eigenvalue weighted by Gasteiger charge is 2.28. The van der Waals surface area contributed by atoms with E-state index in [0.29, 0.717) is 12.5 Å². The maximum atomic E-state index is 9.12. The number of nitrogens with zero attached hydrogens (tertiary/aromatic N) is 1. The zero-order valence-electron chi connectivity index (χ0n) is 12.4. The molecule has 2 aliphatic rings. The lowest BCUT2D eigenvalue weighted by atomic mass is 9.81. The lowest BCUT2D eigenvalue weighted by Gasteiger charge is -2.40. The van der Waals surface area contributed by atoms with Crippen LogP contribution in [0.1, 0.15) is 55.6 Å². The van der Waals surface area contributed by atoms with Crippen molar-refractivity contribution in [1.82, 2.24) is 4.90 Å². The van der Waals surface area contributed by atoms with E-state index < -0.39 is 0 Å². The predicted octanol–water partition coefficient (Wildman–Crippen LogP) is 3.34. The molecule has 1 fully saturated rings. The van der Waals surface area contributed by atoms with Gasteiger partial charge in [0.05, 0.1) is 0 Å². The average molecular weight is 273 g/mol. The van der Waals surface area contributed by atoms with Gasteiger partial charge in [0.1, 0.15) is 0 Å². The number of hydrogen-bond donors (Lipinski definition) is 1. The molecule has 1 saturated carbocycles. The van der Waals surface area contributed by atoms with E-state index in [0.717, 1.165) is 19.0 Å². The molecule has 0 heterocycles. The molecule has 0 spiro atoms. The summed E-state index contributed by atoms with van der Waals surface area (Å²) in [6, 6.07) is 9.80. The maximum Gasteiger partial charge on any atom is 0.0443 e. The first-order chi connectivity index (χ1) is 9.88. The molecular formula is C18H27NO. The van der Waals surface area contributed by atoms with E-state index in [4.69, 9.17) is 5.11 Å². The van der Waals surface area contributed by atoms with Crippen molar-refractivity contribution in [2.75, 3.05) is 19.7 Å². The molecule has 0 saturated heterocycles. The molecule has 1 unspecified atom stereocenters. The average Bonchev–Trinajstić information content (AvgIpc) is 2.43. The zero-order valence-corrected chi connectivity index (χ0v) is 12.4. The summed E-state index contributed by atoms with van der Waals surface area (Å²) in [4.78, 5) is 2.66. The van der Waals surface area contributed by atoms with E-state index in [9.17, 15) is 0 Å². The second kappa shape index (κ2) is 6.73. The first-order valence-electron chi connectivity index (χ1n) is 8.31. The van der Waals surface area contributed by atoms with Gasteiger partial charge in [-0.3, -0.25) is 4.90 Å². The molecule has 110 valence electrons. The van der Waals surface area contributed by atoms with Crippen LogP contribution in [0, 0.1) is 0 Å². The largest absolute Gasteiger partial charge is 0.396 e. The maximum absolute atomic E-state index is 9.12. The van der Waals surface area contributed by atoms with Gasteiger partial charge >= 0.3 is 0 Å². The van der Waals surface area contributed by atoms with E-state index in [1.165, 1.54) is 45.1 Å². The first-order valence-corrected chi connectivity index (χ1v) is 8.31. The Balaban J connectivity index is 1.68. The number of aliphatic hydroxyl groups excluding tert-OH is 1. The van der Waals surface area contributed by atoms with Crippen LogP contribution < -0.4 is 0 Å². The molecule has 1 aromatic rings. The van der Waals surface area contributed by atoms with Gasteiger partial charge in [-0.2, -0.15) is 0 Å². The molecule has 1 aromatic carbocycles. The molecular weight excluding hydrogens is 246 g/mol. The van der Waals surface area contributed by atoms with Gasteiger partial charge in [0.25, 0.3) is 0 Å². The smallest absolute Gasteiger partial charge is 0.0443 e. The molecule has 0 aromatic heterocycles. The minimum Gasteiger partial charge on any atom is -0.396 e. The highest BCUT2D eigenvalue weighted by Crippen LogP contribution is 2.34. The topological polar surface area (TPSA) is 23.5 Å². The molecule has 2 aliphatic carbocycles. The second-order valence-corrected chi connectivity index (χ2v) is 6.44. The van der Waals surface area contributed by atoms with Crippen molar-refractivity contribution < 1.29 is 5.11 Å². The normalized spacial score (nSPS) is 22.6. The Hall–Kier alpha value is -0.860. The Labute approximate surface area is 122 Å². The number of aliphatic hydroxyl groups is 1. The van der Waals surface area contributed by atoms with Crippen LogP contribution in [-0.2, 0) is 6.42 Å². The Morgan fingerprint density at radius 2 is 1.95 bits per heavy atom. The molecule has 0 aliphatic heterocycles. The molecule has 0 radical (unpaired) electrons. The van der Waals surface area contributed by atoms with Crippen LogP contribution in [0.15, 0.2) is 24.3 Å². The van der Waals surface area contributed by atoms with Crippen LogP contribution >= 0.6 is 0 Å². The van der Waals surface area contributed by atoms with Crippen LogP contribution in [0.3, 0.4) is 0 Å². The van der Waals surface area contributed by atoms with Crippen molar-refractivity contribution in [2.45, 2.75) is 56.9 Å². The van der Waals surface area contributed by atoms with Gasteiger partial charge in [-0.15, -0.1) is 0 Å². The second-order valence-electron chi connectivity index (χ2n) is 6.44. The summed E-state index contributed by atoms with van der Waals surface area (Å²) in [7, 11) is 0. The molecule has 0 amide bonds. The predicted molar refractivity (Wildman–Crippen MR) is 83.0 cm³/mol. The highest BCUT2D eigenvalue weighted by atomic mass is 16.3. The van der Waals surface area contributed by atoms with Gasteiger partial charge in [0.15, 0.2) is 0 Å². The van der Waals surface area contributed by atoms with E-state index in [-0.39, 0.29) is 0 Å². The fourth-order valence-corrected chi connectivity index (χ4v) is 3.78. The van der Waals surface area contributed by atoms with Gasteiger partial charge in [-0.25, -0.2) is 0 Å². The summed E-state index contributed by atoms with van der Waals surface area (Å²) < 4.78 is 0. The Kier molecular flexibility index (Phi) is 4.74.